The van der Waals surface area contributed by atoms with E-state index in [0.29, 0.717) is 11.1 Å². The molecule has 0 heterocycles. The molecule has 0 aliphatic carbocycles. The number of carbonyl (C=O) groups is 1. The lowest BCUT2D eigenvalue weighted by atomic mass is 10.1. The number of carbonyl (C=O) groups excluding carboxylic acids is 1. The summed E-state index contributed by atoms with van der Waals surface area (Å²) in [4.78, 5) is 24.2. The number of nitro groups is 1. The van der Waals surface area contributed by atoms with Gasteiger partial charge in [-0.05, 0) is 6.07 Å². The second-order valence-electron chi connectivity index (χ2n) is 5.57. The lowest BCUT2D eigenvalue weighted by Gasteiger charge is -2.11. The molecular weight excluding hydrogens is 362 g/mol. The summed E-state index contributed by atoms with van der Waals surface area (Å²) in [6, 6.07) is 23.3. The van der Waals surface area contributed by atoms with Gasteiger partial charge in [0.05, 0.1) is 9.82 Å². The van der Waals surface area contributed by atoms with Crippen molar-refractivity contribution in [2.24, 2.45) is 0 Å². The summed E-state index contributed by atoms with van der Waals surface area (Å²) in [6.07, 6.45) is 0. The Labute approximate surface area is 160 Å². The third-order valence-electron chi connectivity index (χ3n) is 3.78. The maximum Gasteiger partial charge on any atom is 0.283 e. The highest BCUT2D eigenvalue weighted by Crippen LogP contribution is 2.38. The lowest BCUT2D eigenvalue weighted by molar-refractivity contribution is -0.387. The standard InChI is InChI=1S/C21H15NO4S/c23-19(15-9-3-1-4-10-15)21(20(24)16-11-5-2-6-12-16)27-18-14-8-7-13-17(18)22(25)26/h1-14,23H/b21-19+. The highest BCUT2D eigenvalue weighted by molar-refractivity contribution is 8.04. The predicted octanol–water partition coefficient (Wildman–Crippen LogP) is 5.50. The molecule has 0 aliphatic heterocycles. The number of hydrogen-bond donors (Lipinski definition) is 1. The molecule has 0 bridgehead atoms. The van der Waals surface area contributed by atoms with E-state index in [9.17, 15) is 20.0 Å². The minimum atomic E-state index is -0.507. The average Bonchev–Trinajstić information content (AvgIpc) is 2.72. The van der Waals surface area contributed by atoms with Crippen molar-refractivity contribution in [3.8, 4) is 0 Å². The van der Waals surface area contributed by atoms with Crippen LogP contribution in [0.1, 0.15) is 15.9 Å². The van der Waals surface area contributed by atoms with Gasteiger partial charge in [-0.1, -0.05) is 84.6 Å². The van der Waals surface area contributed by atoms with Gasteiger partial charge in [0.2, 0.25) is 5.78 Å². The normalized spacial score (nSPS) is 11.6. The van der Waals surface area contributed by atoms with Gasteiger partial charge < -0.3 is 5.11 Å². The van der Waals surface area contributed by atoms with Crippen molar-refractivity contribution in [2.75, 3.05) is 0 Å². The van der Waals surface area contributed by atoms with Crippen LogP contribution in [0, 0.1) is 10.1 Å². The van der Waals surface area contributed by atoms with Gasteiger partial charge in [-0.2, -0.15) is 0 Å². The molecule has 3 aromatic carbocycles. The molecule has 0 aliphatic rings. The fourth-order valence-electron chi connectivity index (χ4n) is 2.45. The van der Waals surface area contributed by atoms with Gasteiger partial charge in [0, 0.05) is 17.2 Å². The quantitative estimate of drug-likeness (QED) is 0.153. The van der Waals surface area contributed by atoms with Gasteiger partial charge in [0.25, 0.3) is 5.69 Å². The number of hydrogen-bond acceptors (Lipinski definition) is 5. The maximum atomic E-state index is 13.0. The van der Waals surface area contributed by atoms with Gasteiger partial charge in [-0.15, -0.1) is 0 Å². The number of nitrogens with zero attached hydrogens (tertiary/aromatic N) is 1. The van der Waals surface area contributed by atoms with E-state index in [1.807, 2.05) is 0 Å². The number of Topliss-reactive ketones (excluding diaryl/α,β-unsaturated/α-hetero) is 1. The molecule has 1 N–H and O–H groups in total. The number of nitro benzene ring substituents is 1. The maximum absolute atomic E-state index is 13.0. The van der Waals surface area contributed by atoms with Crippen molar-refractivity contribution >= 4 is 29.0 Å². The first kappa shape index (κ1) is 18.4. The molecule has 0 saturated heterocycles. The van der Waals surface area contributed by atoms with Crippen LogP contribution >= 0.6 is 11.8 Å². The summed E-state index contributed by atoms with van der Waals surface area (Å²) in [6.45, 7) is 0. The number of thioether (sulfide) groups is 1. The van der Waals surface area contributed by atoms with Crippen LogP contribution in [0.5, 0.6) is 0 Å². The van der Waals surface area contributed by atoms with Crippen LogP contribution in [0.3, 0.4) is 0 Å². The van der Waals surface area contributed by atoms with Crippen LogP contribution < -0.4 is 0 Å². The van der Waals surface area contributed by atoms with E-state index >= 15 is 0 Å². The van der Waals surface area contributed by atoms with E-state index < -0.39 is 10.7 Å². The van der Waals surface area contributed by atoms with Crippen LogP contribution in [0.4, 0.5) is 5.69 Å². The van der Waals surface area contributed by atoms with Crippen molar-refractivity contribution in [1.29, 1.82) is 0 Å². The Morgan fingerprint density at radius 1 is 0.815 bits per heavy atom. The molecule has 27 heavy (non-hydrogen) atoms. The topological polar surface area (TPSA) is 80.4 Å². The largest absolute Gasteiger partial charge is 0.506 e. The second-order valence-corrected chi connectivity index (χ2v) is 6.62. The molecule has 0 radical (unpaired) electrons. The molecule has 0 atom stereocenters. The van der Waals surface area contributed by atoms with Crippen molar-refractivity contribution in [3.63, 3.8) is 0 Å². The first-order valence-electron chi connectivity index (χ1n) is 8.07. The Morgan fingerprint density at radius 3 is 1.93 bits per heavy atom. The van der Waals surface area contributed by atoms with Crippen LogP contribution in [-0.2, 0) is 0 Å². The molecule has 3 rings (SSSR count). The van der Waals surface area contributed by atoms with Gasteiger partial charge in [0.1, 0.15) is 10.7 Å². The summed E-state index contributed by atoms with van der Waals surface area (Å²) in [5, 5.41) is 22.1. The average molecular weight is 377 g/mol. The molecule has 134 valence electrons. The molecule has 0 fully saturated rings. The van der Waals surface area contributed by atoms with Crippen molar-refractivity contribution in [2.45, 2.75) is 4.90 Å². The highest BCUT2D eigenvalue weighted by Gasteiger charge is 2.23. The summed E-state index contributed by atoms with van der Waals surface area (Å²) in [5.74, 6) is -0.618. The third-order valence-corrected chi connectivity index (χ3v) is 4.93. The van der Waals surface area contributed by atoms with Gasteiger partial charge >= 0.3 is 0 Å². The minimum Gasteiger partial charge on any atom is -0.506 e. The summed E-state index contributed by atoms with van der Waals surface area (Å²) < 4.78 is 0. The first-order valence-corrected chi connectivity index (χ1v) is 8.89. The van der Waals surface area contributed by atoms with E-state index in [0.717, 1.165) is 11.8 Å². The molecule has 0 aromatic heterocycles. The number of rotatable bonds is 6. The number of para-hydroxylation sites is 1. The van der Waals surface area contributed by atoms with Gasteiger partial charge in [-0.25, -0.2) is 0 Å². The molecule has 0 saturated carbocycles. The molecule has 5 nitrogen and oxygen atoms in total. The Kier molecular flexibility index (Phi) is 5.68. The van der Waals surface area contributed by atoms with E-state index in [1.54, 1.807) is 78.9 Å². The zero-order valence-corrected chi connectivity index (χ0v) is 14.9. The fraction of sp³-hybridized carbons (Fsp3) is 0. The Morgan fingerprint density at radius 2 is 1.33 bits per heavy atom. The van der Waals surface area contributed by atoms with Gasteiger partial charge in [0.15, 0.2) is 0 Å². The van der Waals surface area contributed by atoms with Crippen LogP contribution in [-0.4, -0.2) is 15.8 Å². The lowest BCUT2D eigenvalue weighted by Crippen LogP contribution is -2.04. The van der Waals surface area contributed by atoms with Gasteiger partial charge in [-0.3, -0.25) is 14.9 Å². The number of aliphatic hydroxyl groups excluding tert-OH is 1. The second kappa shape index (κ2) is 8.33. The summed E-state index contributed by atoms with van der Waals surface area (Å²) in [5.41, 5.74) is 0.727. The number of aliphatic hydroxyl groups is 1. The molecule has 0 unspecified atom stereocenters. The van der Waals surface area contributed by atoms with Crippen molar-refractivity contribution in [3.05, 3.63) is 111 Å². The van der Waals surface area contributed by atoms with E-state index in [2.05, 4.69) is 0 Å². The summed E-state index contributed by atoms with van der Waals surface area (Å²) in [7, 11) is 0. The van der Waals surface area contributed by atoms with Crippen LogP contribution in [0.15, 0.2) is 94.7 Å². The smallest absolute Gasteiger partial charge is 0.283 e. The molecular formula is C21H15NO4S. The van der Waals surface area contributed by atoms with E-state index in [1.165, 1.54) is 6.07 Å². The zero-order valence-electron chi connectivity index (χ0n) is 14.1. The Bertz CT molecular complexity index is 1000. The first-order chi connectivity index (χ1) is 13.1. The monoisotopic (exact) mass is 377 g/mol. The van der Waals surface area contributed by atoms with E-state index in [-0.39, 0.29) is 21.2 Å². The van der Waals surface area contributed by atoms with E-state index in [4.69, 9.17) is 0 Å². The number of benzene rings is 3. The number of ketones is 1. The Balaban J connectivity index is 2.12. The third kappa shape index (κ3) is 4.24. The van der Waals surface area contributed by atoms with Crippen molar-refractivity contribution < 1.29 is 14.8 Å². The van der Waals surface area contributed by atoms with Crippen LogP contribution in [0.25, 0.3) is 5.76 Å². The predicted molar refractivity (Wildman–Crippen MR) is 106 cm³/mol. The SMILES string of the molecule is O=C(/C(Sc1ccccc1[N+](=O)[O-])=C(\O)c1ccccc1)c1ccccc1. The fourth-order valence-corrected chi connectivity index (χ4v) is 3.49. The zero-order chi connectivity index (χ0) is 19.2. The summed E-state index contributed by atoms with van der Waals surface area (Å²) >= 11 is 0.888. The van der Waals surface area contributed by atoms with Crippen molar-refractivity contribution in [1.82, 2.24) is 0 Å². The molecule has 0 spiro atoms. The van der Waals surface area contributed by atoms with Crippen LogP contribution in [0.2, 0.25) is 0 Å². The molecule has 3 aromatic rings. The molecule has 6 heteroatoms. The molecule has 0 amide bonds. The number of allylic oxidation sites excluding steroid dienone is 1. The minimum absolute atomic E-state index is 0.0294. The Hall–Kier alpha value is -3.38. The highest BCUT2D eigenvalue weighted by atomic mass is 32.2.